The van der Waals surface area contributed by atoms with Gasteiger partial charge >= 0.3 is 5.69 Å². The maximum absolute atomic E-state index is 11.8. The number of aromatic nitrogens is 3. The average molecular weight is 245 g/mol. The fourth-order valence-electron chi connectivity index (χ4n) is 2.07. The zero-order chi connectivity index (χ0) is 12.7. The molecule has 0 atom stereocenters. The number of hydrogen-bond acceptors (Lipinski definition) is 4. The second kappa shape index (κ2) is 3.85. The molecule has 6 heteroatoms. The molecule has 2 N–H and O–H groups in total. The topological polar surface area (TPSA) is 79.6 Å². The summed E-state index contributed by atoms with van der Waals surface area (Å²) in [5.74, 6) is 0.661. The predicted octanol–water partition coefficient (Wildman–Crippen LogP) is 0.677. The van der Waals surface area contributed by atoms with Gasteiger partial charge in [-0.05, 0) is 23.6 Å². The fraction of sp³-hybridized carbons (Fsp3) is 0.167. The highest BCUT2D eigenvalue weighted by Gasteiger charge is 2.10. The van der Waals surface area contributed by atoms with E-state index in [1.165, 1.54) is 4.40 Å². The van der Waals surface area contributed by atoms with Crippen LogP contribution in [0.2, 0.25) is 0 Å². The van der Waals surface area contributed by atoms with Gasteiger partial charge < -0.3 is 9.84 Å². The molecule has 0 amide bonds. The molecule has 0 aliphatic carbocycles. The van der Waals surface area contributed by atoms with Crippen molar-refractivity contribution in [3.8, 4) is 5.75 Å². The monoisotopic (exact) mass is 245 g/mol. The van der Waals surface area contributed by atoms with Crippen molar-refractivity contribution in [3.63, 3.8) is 0 Å². The lowest BCUT2D eigenvalue weighted by molar-refractivity contribution is 0.283. The van der Waals surface area contributed by atoms with Gasteiger partial charge in [0.05, 0.1) is 19.2 Å². The van der Waals surface area contributed by atoms with Crippen LogP contribution in [0, 0.1) is 0 Å². The molecule has 0 bridgehead atoms. The highest BCUT2D eigenvalue weighted by atomic mass is 16.5. The van der Waals surface area contributed by atoms with Gasteiger partial charge in [0.2, 0.25) is 0 Å². The van der Waals surface area contributed by atoms with Crippen LogP contribution in [0.5, 0.6) is 5.75 Å². The van der Waals surface area contributed by atoms with Crippen LogP contribution in [0.4, 0.5) is 0 Å². The van der Waals surface area contributed by atoms with Crippen molar-refractivity contribution in [2.45, 2.75) is 6.61 Å². The zero-order valence-corrected chi connectivity index (χ0v) is 9.67. The van der Waals surface area contributed by atoms with Crippen LogP contribution in [-0.2, 0) is 6.61 Å². The van der Waals surface area contributed by atoms with E-state index in [0.717, 1.165) is 5.39 Å². The van der Waals surface area contributed by atoms with Crippen LogP contribution in [0.25, 0.3) is 16.6 Å². The van der Waals surface area contributed by atoms with E-state index in [4.69, 9.17) is 4.74 Å². The summed E-state index contributed by atoms with van der Waals surface area (Å²) < 4.78 is 6.58. The normalized spacial score (nSPS) is 11.2. The SMILES string of the molecule is COc1ccc2cc(CO)c3n[nH]c(=O)n3c2c1. The number of H-pyrrole nitrogens is 1. The summed E-state index contributed by atoms with van der Waals surface area (Å²) in [5, 5.41) is 16.5. The Morgan fingerprint density at radius 3 is 3.00 bits per heavy atom. The fourth-order valence-corrected chi connectivity index (χ4v) is 2.07. The summed E-state index contributed by atoms with van der Waals surface area (Å²) in [5.41, 5.74) is 1.40. The first-order valence-corrected chi connectivity index (χ1v) is 5.42. The summed E-state index contributed by atoms with van der Waals surface area (Å²) in [6.07, 6.45) is 0. The molecule has 0 unspecified atom stereocenters. The summed E-state index contributed by atoms with van der Waals surface area (Å²) in [6.45, 7) is -0.171. The first kappa shape index (κ1) is 10.8. The van der Waals surface area contributed by atoms with E-state index >= 15 is 0 Å². The number of pyridine rings is 1. The Balaban J connectivity index is 2.54. The minimum atomic E-state index is -0.335. The quantitative estimate of drug-likeness (QED) is 0.695. The molecule has 18 heavy (non-hydrogen) atoms. The molecular weight excluding hydrogens is 234 g/mol. The van der Waals surface area contributed by atoms with Gasteiger partial charge in [-0.2, -0.15) is 5.10 Å². The molecule has 0 spiro atoms. The number of benzene rings is 1. The van der Waals surface area contributed by atoms with Crippen LogP contribution < -0.4 is 10.4 Å². The molecule has 1 aromatic carbocycles. The standard InChI is InChI=1S/C12H11N3O3/c1-18-9-3-2-7-4-8(6-16)11-13-14-12(17)15(11)10(7)5-9/h2-5,16H,6H2,1H3,(H,14,17). The number of nitrogens with one attached hydrogen (secondary N) is 1. The number of aromatic amines is 1. The first-order chi connectivity index (χ1) is 8.74. The molecule has 92 valence electrons. The number of methoxy groups -OCH3 is 1. The van der Waals surface area contributed by atoms with E-state index in [1.54, 1.807) is 19.2 Å². The minimum absolute atomic E-state index is 0.171. The van der Waals surface area contributed by atoms with Gasteiger partial charge in [0.1, 0.15) is 5.75 Å². The molecule has 2 aromatic heterocycles. The minimum Gasteiger partial charge on any atom is -0.497 e. The maximum Gasteiger partial charge on any atom is 0.348 e. The number of fused-ring (bicyclic) bond motifs is 3. The van der Waals surface area contributed by atoms with E-state index < -0.39 is 0 Å². The molecule has 0 aliphatic rings. The number of rotatable bonds is 2. The first-order valence-electron chi connectivity index (χ1n) is 5.42. The van der Waals surface area contributed by atoms with Crippen molar-refractivity contribution in [3.05, 3.63) is 40.3 Å². The third-order valence-corrected chi connectivity index (χ3v) is 2.94. The third kappa shape index (κ3) is 1.39. The van der Waals surface area contributed by atoms with Crippen molar-refractivity contribution in [2.75, 3.05) is 7.11 Å². The Hall–Kier alpha value is -2.34. The molecule has 0 saturated heterocycles. The second-order valence-corrected chi connectivity index (χ2v) is 3.94. The summed E-state index contributed by atoms with van der Waals surface area (Å²) in [7, 11) is 1.57. The van der Waals surface area contributed by atoms with Crippen LogP contribution in [-0.4, -0.2) is 26.8 Å². The third-order valence-electron chi connectivity index (χ3n) is 2.94. The van der Waals surface area contributed by atoms with E-state index in [0.29, 0.717) is 22.5 Å². The van der Waals surface area contributed by atoms with Gasteiger partial charge in [-0.3, -0.25) is 0 Å². The highest BCUT2D eigenvalue weighted by molar-refractivity contribution is 5.84. The van der Waals surface area contributed by atoms with E-state index in [1.807, 2.05) is 12.1 Å². The van der Waals surface area contributed by atoms with Gasteiger partial charge in [-0.1, -0.05) is 0 Å². The molecule has 0 saturated carbocycles. The lowest BCUT2D eigenvalue weighted by Gasteiger charge is -2.06. The molecule has 2 heterocycles. The Morgan fingerprint density at radius 1 is 1.44 bits per heavy atom. The van der Waals surface area contributed by atoms with Gasteiger partial charge in [0.15, 0.2) is 5.65 Å². The van der Waals surface area contributed by atoms with Gasteiger partial charge in [0.25, 0.3) is 0 Å². The number of nitrogens with zero attached hydrogens (tertiary/aromatic N) is 2. The molecule has 0 radical (unpaired) electrons. The van der Waals surface area contributed by atoms with Crippen LogP contribution in [0.3, 0.4) is 0 Å². The summed E-state index contributed by atoms with van der Waals surface area (Å²) >= 11 is 0. The van der Waals surface area contributed by atoms with Crippen LogP contribution in [0.15, 0.2) is 29.1 Å². The Bertz CT molecular complexity index is 788. The predicted molar refractivity (Wildman–Crippen MR) is 65.8 cm³/mol. The Morgan fingerprint density at radius 2 is 2.28 bits per heavy atom. The van der Waals surface area contributed by atoms with Crippen molar-refractivity contribution in [1.29, 1.82) is 0 Å². The maximum atomic E-state index is 11.8. The molecule has 6 nitrogen and oxygen atoms in total. The molecule has 0 aliphatic heterocycles. The van der Waals surface area contributed by atoms with Gasteiger partial charge in [-0.25, -0.2) is 14.3 Å². The van der Waals surface area contributed by atoms with Crippen molar-refractivity contribution >= 4 is 16.6 Å². The lowest BCUT2D eigenvalue weighted by atomic mass is 10.1. The van der Waals surface area contributed by atoms with Gasteiger partial charge in [0, 0.05) is 11.6 Å². The number of hydrogen-bond donors (Lipinski definition) is 2. The zero-order valence-electron chi connectivity index (χ0n) is 9.67. The van der Waals surface area contributed by atoms with Crippen molar-refractivity contribution in [2.24, 2.45) is 0 Å². The van der Waals surface area contributed by atoms with Crippen molar-refractivity contribution in [1.82, 2.24) is 14.6 Å². The number of ether oxygens (including phenoxy) is 1. The average Bonchev–Trinajstić information content (AvgIpc) is 2.80. The Labute approximate surface area is 101 Å². The smallest absolute Gasteiger partial charge is 0.348 e. The van der Waals surface area contributed by atoms with Crippen LogP contribution in [0.1, 0.15) is 5.56 Å². The summed E-state index contributed by atoms with van der Waals surface area (Å²) in [6, 6.07) is 7.22. The van der Waals surface area contributed by atoms with E-state index in [-0.39, 0.29) is 12.3 Å². The van der Waals surface area contributed by atoms with Crippen molar-refractivity contribution < 1.29 is 9.84 Å². The largest absolute Gasteiger partial charge is 0.497 e. The molecule has 3 rings (SSSR count). The number of aliphatic hydroxyl groups is 1. The lowest BCUT2D eigenvalue weighted by Crippen LogP contribution is -2.10. The van der Waals surface area contributed by atoms with E-state index in [9.17, 15) is 9.90 Å². The molecule has 3 aromatic rings. The molecular formula is C12H11N3O3. The summed E-state index contributed by atoms with van der Waals surface area (Å²) in [4.78, 5) is 11.8. The second-order valence-electron chi connectivity index (χ2n) is 3.94. The van der Waals surface area contributed by atoms with E-state index in [2.05, 4.69) is 10.2 Å². The molecule has 0 fully saturated rings. The van der Waals surface area contributed by atoms with Crippen LogP contribution >= 0.6 is 0 Å². The number of aliphatic hydroxyl groups excluding tert-OH is 1. The highest BCUT2D eigenvalue weighted by Crippen LogP contribution is 2.23. The Kier molecular flexibility index (Phi) is 2.31. The van der Waals surface area contributed by atoms with Gasteiger partial charge in [-0.15, -0.1) is 0 Å².